The standard InChI is InChI=1S/C18H29N3O2/c1-13(2)18(22)21(12-16-6-5-9-23-16)11-14-10-15(19)7-8-17(14)20(3)4/h7-8,10,13,16H,5-6,9,11-12,19H2,1-4H3/t16-/m1/s1. The van der Waals surface area contributed by atoms with E-state index >= 15 is 0 Å². The summed E-state index contributed by atoms with van der Waals surface area (Å²) in [6.45, 7) is 5.90. The Morgan fingerprint density at radius 1 is 1.39 bits per heavy atom. The summed E-state index contributed by atoms with van der Waals surface area (Å²) in [6.07, 6.45) is 2.26. The van der Waals surface area contributed by atoms with Gasteiger partial charge in [-0.1, -0.05) is 13.8 Å². The molecule has 1 atom stereocenters. The van der Waals surface area contributed by atoms with Gasteiger partial charge in [-0.3, -0.25) is 4.79 Å². The van der Waals surface area contributed by atoms with Crippen LogP contribution in [0, 0.1) is 5.92 Å². The lowest BCUT2D eigenvalue weighted by molar-refractivity contribution is -0.136. The van der Waals surface area contributed by atoms with Gasteiger partial charge in [0, 0.05) is 51.1 Å². The molecule has 1 aliphatic heterocycles. The number of benzene rings is 1. The minimum atomic E-state index is -0.0275. The van der Waals surface area contributed by atoms with E-state index in [1.807, 2.05) is 51.0 Å². The van der Waals surface area contributed by atoms with Crippen molar-refractivity contribution in [3.63, 3.8) is 0 Å². The Morgan fingerprint density at radius 2 is 2.13 bits per heavy atom. The molecular weight excluding hydrogens is 290 g/mol. The summed E-state index contributed by atoms with van der Waals surface area (Å²) in [5.74, 6) is 0.132. The van der Waals surface area contributed by atoms with E-state index in [2.05, 4.69) is 4.90 Å². The van der Waals surface area contributed by atoms with Gasteiger partial charge in [-0.2, -0.15) is 0 Å². The molecule has 2 N–H and O–H groups in total. The summed E-state index contributed by atoms with van der Waals surface area (Å²) >= 11 is 0. The second-order valence-electron chi connectivity index (χ2n) is 6.79. The van der Waals surface area contributed by atoms with Gasteiger partial charge in [-0.25, -0.2) is 0 Å². The quantitative estimate of drug-likeness (QED) is 0.819. The van der Waals surface area contributed by atoms with E-state index in [0.29, 0.717) is 13.1 Å². The molecule has 1 saturated heterocycles. The largest absolute Gasteiger partial charge is 0.399 e. The van der Waals surface area contributed by atoms with Gasteiger partial charge in [0.2, 0.25) is 5.91 Å². The number of ether oxygens (including phenoxy) is 1. The Bertz CT molecular complexity index is 537. The monoisotopic (exact) mass is 319 g/mol. The van der Waals surface area contributed by atoms with Crippen LogP contribution >= 0.6 is 0 Å². The van der Waals surface area contributed by atoms with Gasteiger partial charge < -0.3 is 20.3 Å². The number of anilines is 2. The summed E-state index contributed by atoms with van der Waals surface area (Å²) in [4.78, 5) is 16.6. The molecule has 1 heterocycles. The number of rotatable bonds is 6. The zero-order chi connectivity index (χ0) is 17.0. The second-order valence-corrected chi connectivity index (χ2v) is 6.79. The Kier molecular flexibility index (Phi) is 5.88. The van der Waals surface area contributed by atoms with E-state index < -0.39 is 0 Å². The highest BCUT2D eigenvalue weighted by Gasteiger charge is 2.25. The van der Waals surface area contributed by atoms with Crippen LogP contribution in [0.2, 0.25) is 0 Å². The highest BCUT2D eigenvalue weighted by molar-refractivity contribution is 5.78. The molecule has 0 saturated carbocycles. The molecule has 1 aromatic carbocycles. The number of carbonyl (C=O) groups excluding carboxylic acids is 1. The molecule has 0 aromatic heterocycles. The summed E-state index contributed by atoms with van der Waals surface area (Å²) in [5, 5.41) is 0. The molecule has 128 valence electrons. The van der Waals surface area contributed by atoms with Crippen LogP contribution in [-0.4, -0.2) is 44.2 Å². The zero-order valence-electron chi connectivity index (χ0n) is 14.7. The van der Waals surface area contributed by atoms with E-state index in [1.165, 1.54) is 0 Å². The molecular formula is C18H29N3O2. The lowest BCUT2D eigenvalue weighted by atomic mass is 10.1. The average molecular weight is 319 g/mol. The number of hydrogen-bond donors (Lipinski definition) is 1. The molecule has 5 nitrogen and oxygen atoms in total. The highest BCUT2D eigenvalue weighted by atomic mass is 16.5. The number of nitrogens with two attached hydrogens (primary N) is 1. The van der Waals surface area contributed by atoms with Crippen LogP contribution in [-0.2, 0) is 16.1 Å². The fraction of sp³-hybridized carbons (Fsp3) is 0.611. The van der Waals surface area contributed by atoms with Crippen molar-refractivity contribution in [2.24, 2.45) is 5.92 Å². The molecule has 5 heteroatoms. The van der Waals surface area contributed by atoms with Crippen LogP contribution in [0.5, 0.6) is 0 Å². The predicted molar refractivity (Wildman–Crippen MR) is 94.4 cm³/mol. The number of carbonyl (C=O) groups is 1. The van der Waals surface area contributed by atoms with Gasteiger partial charge in [0.05, 0.1) is 6.10 Å². The molecule has 0 bridgehead atoms. The van der Waals surface area contributed by atoms with E-state index in [0.717, 1.165) is 36.4 Å². The van der Waals surface area contributed by atoms with E-state index in [4.69, 9.17) is 10.5 Å². The van der Waals surface area contributed by atoms with Crippen molar-refractivity contribution < 1.29 is 9.53 Å². The van der Waals surface area contributed by atoms with Crippen LogP contribution in [0.25, 0.3) is 0 Å². The lowest BCUT2D eigenvalue weighted by Crippen LogP contribution is -2.39. The molecule has 0 unspecified atom stereocenters. The molecule has 0 spiro atoms. The summed E-state index contributed by atoms with van der Waals surface area (Å²) in [5.41, 5.74) is 8.84. The topological polar surface area (TPSA) is 58.8 Å². The maximum absolute atomic E-state index is 12.6. The van der Waals surface area contributed by atoms with Crippen molar-refractivity contribution in [3.05, 3.63) is 23.8 Å². The van der Waals surface area contributed by atoms with Gasteiger partial charge in [-0.05, 0) is 36.6 Å². The minimum Gasteiger partial charge on any atom is -0.399 e. The van der Waals surface area contributed by atoms with E-state index in [9.17, 15) is 4.79 Å². The Hall–Kier alpha value is -1.75. The molecule has 2 rings (SSSR count). The van der Waals surface area contributed by atoms with Gasteiger partial charge in [0.1, 0.15) is 0 Å². The van der Waals surface area contributed by atoms with Crippen LogP contribution in [0.4, 0.5) is 11.4 Å². The summed E-state index contributed by atoms with van der Waals surface area (Å²) < 4.78 is 5.72. The number of hydrogen-bond acceptors (Lipinski definition) is 4. The maximum Gasteiger partial charge on any atom is 0.225 e. The highest BCUT2D eigenvalue weighted by Crippen LogP contribution is 2.25. The molecule has 0 aliphatic carbocycles. The van der Waals surface area contributed by atoms with Crippen LogP contribution in [0.1, 0.15) is 32.3 Å². The number of nitrogen functional groups attached to an aromatic ring is 1. The Morgan fingerprint density at radius 3 is 2.70 bits per heavy atom. The van der Waals surface area contributed by atoms with Crippen molar-refractivity contribution >= 4 is 17.3 Å². The molecule has 1 aliphatic rings. The van der Waals surface area contributed by atoms with Gasteiger partial charge >= 0.3 is 0 Å². The van der Waals surface area contributed by atoms with Gasteiger partial charge in [0.15, 0.2) is 0 Å². The average Bonchev–Trinajstić information content (AvgIpc) is 2.98. The molecule has 1 amide bonds. The van der Waals surface area contributed by atoms with Gasteiger partial charge in [0.25, 0.3) is 0 Å². The first kappa shape index (κ1) is 17.6. The Labute approximate surface area is 139 Å². The number of nitrogens with zero attached hydrogens (tertiary/aromatic N) is 2. The van der Waals surface area contributed by atoms with E-state index in [1.54, 1.807) is 0 Å². The van der Waals surface area contributed by atoms with Crippen molar-refractivity contribution in [3.8, 4) is 0 Å². The Balaban J connectivity index is 2.22. The van der Waals surface area contributed by atoms with Crippen LogP contribution in [0.3, 0.4) is 0 Å². The smallest absolute Gasteiger partial charge is 0.225 e. The fourth-order valence-corrected chi connectivity index (χ4v) is 3.01. The third-order valence-corrected chi connectivity index (χ3v) is 4.20. The maximum atomic E-state index is 12.6. The van der Waals surface area contributed by atoms with Crippen molar-refractivity contribution in [1.82, 2.24) is 4.90 Å². The summed E-state index contributed by atoms with van der Waals surface area (Å²) in [6, 6.07) is 5.87. The number of amides is 1. The van der Waals surface area contributed by atoms with Crippen molar-refractivity contribution in [1.29, 1.82) is 0 Å². The second kappa shape index (κ2) is 7.68. The first-order valence-corrected chi connectivity index (χ1v) is 8.34. The van der Waals surface area contributed by atoms with Crippen molar-refractivity contribution in [2.75, 3.05) is 37.9 Å². The molecule has 23 heavy (non-hydrogen) atoms. The SMILES string of the molecule is CC(C)C(=O)N(Cc1cc(N)ccc1N(C)C)C[C@H]1CCCO1. The van der Waals surface area contributed by atoms with Crippen LogP contribution in [0.15, 0.2) is 18.2 Å². The first-order valence-electron chi connectivity index (χ1n) is 8.34. The zero-order valence-corrected chi connectivity index (χ0v) is 14.7. The molecule has 1 fully saturated rings. The van der Waals surface area contributed by atoms with Crippen LogP contribution < -0.4 is 10.6 Å². The fourth-order valence-electron chi connectivity index (χ4n) is 3.01. The van der Waals surface area contributed by atoms with E-state index in [-0.39, 0.29) is 17.9 Å². The van der Waals surface area contributed by atoms with Gasteiger partial charge in [-0.15, -0.1) is 0 Å². The van der Waals surface area contributed by atoms with Crippen molar-refractivity contribution in [2.45, 2.75) is 39.3 Å². The predicted octanol–water partition coefficient (Wildman–Crippen LogP) is 2.50. The normalized spacial score (nSPS) is 17.5. The molecule has 0 radical (unpaired) electrons. The first-order chi connectivity index (χ1) is 10.9. The third-order valence-electron chi connectivity index (χ3n) is 4.20. The third kappa shape index (κ3) is 4.61. The summed E-state index contributed by atoms with van der Waals surface area (Å²) in [7, 11) is 4.01. The minimum absolute atomic E-state index is 0.0275. The lowest BCUT2D eigenvalue weighted by Gasteiger charge is -2.29. The molecule has 1 aromatic rings.